The molecule has 0 saturated carbocycles. The zero-order valence-electron chi connectivity index (χ0n) is 20.0. The molecular formula is C29H28ClN3O3. The van der Waals surface area contributed by atoms with Crippen molar-refractivity contribution in [3.8, 4) is 5.69 Å². The van der Waals surface area contributed by atoms with Gasteiger partial charge in [0.25, 0.3) is 5.56 Å². The highest BCUT2D eigenvalue weighted by Crippen LogP contribution is 2.16. The van der Waals surface area contributed by atoms with Gasteiger partial charge in [-0.15, -0.1) is 0 Å². The lowest BCUT2D eigenvalue weighted by atomic mass is 10.1. The van der Waals surface area contributed by atoms with Crippen LogP contribution in [-0.2, 0) is 17.8 Å². The van der Waals surface area contributed by atoms with Gasteiger partial charge in [0, 0.05) is 18.1 Å². The first-order valence-electron chi connectivity index (χ1n) is 12.4. The average Bonchev–Trinajstić information content (AvgIpc) is 3.19. The van der Waals surface area contributed by atoms with Crippen molar-refractivity contribution in [1.29, 1.82) is 0 Å². The lowest BCUT2D eigenvalue weighted by Crippen LogP contribution is -2.39. The number of rotatable bonds is 5. The molecule has 1 amide bonds. The van der Waals surface area contributed by atoms with E-state index >= 15 is 0 Å². The number of amides is 1. The number of hydrogen-bond donors (Lipinski definition) is 0. The minimum absolute atomic E-state index is 0.123. The molecule has 36 heavy (non-hydrogen) atoms. The molecule has 0 spiro atoms. The maximum atomic E-state index is 13.6. The smallest absolute Gasteiger partial charge is 0.336 e. The Morgan fingerprint density at radius 1 is 0.778 bits per heavy atom. The van der Waals surface area contributed by atoms with Crippen molar-refractivity contribution in [2.45, 2.75) is 38.6 Å². The summed E-state index contributed by atoms with van der Waals surface area (Å²) in [7, 11) is 0. The molecule has 4 aromatic rings. The monoisotopic (exact) mass is 501 g/mol. The third-order valence-corrected chi connectivity index (χ3v) is 7.07. The van der Waals surface area contributed by atoms with E-state index in [0.717, 1.165) is 37.1 Å². The van der Waals surface area contributed by atoms with Crippen molar-refractivity contribution < 1.29 is 4.79 Å². The molecule has 6 nitrogen and oxygen atoms in total. The minimum Gasteiger partial charge on any atom is -0.342 e. The first-order valence-corrected chi connectivity index (χ1v) is 12.8. The van der Waals surface area contributed by atoms with Crippen LogP contribution in [0.4, 0.5) is 0 Å². The summed E-state index contributed by atoms with van der Waals surface area (Å²) in [5.41, 5.74) is 2.05. The van der Waals surface area contributed by atoms with Crippen LogP contribution in [-0.4, -0.2) is 33.0 Å². The van der Waals surface area contributed by atoms with E-state index in [1.807, 2.05) is 35.2 Å². The molecule has 1 saturated heterocycles. The van der Waals surface area contributed by atoms with Gasteiger partial charge in [-0.25, -0.2) is 9.36 Å². The highest BCUT2D eigenvalue weighted by molar-refractivity contribution is 6.30. The maximum Gasteiger partial charge on any atom is 0.336 e. The molecule has 0 aliphatic carbocycles. The van der Waals surface area contributed by atoms with Crippen LogP contribution in [0.15, 0.2) is 82.4 Å². The van der Waals surface area contributed by atoms with E-state index in [4.69, 9.17) is 11.6 Å². The Morgan fingerprint density at radius 2 is 1.42 bits per heavy atom. The largest absolute Gasteiger partial charge is 0.342 e. The molecule has 7 heteroatoms. The Morgan fingerprint density at radius 3 is 2.11 bits per heavy atom. The summed E-state index contributed by atoms with van der Waals surface area (Å²) in [5.74, 6) is 0.123. The number of aromatic nitrogens is 2. The fourth-order valence-corrected chi connectivity index (χ4v) is 4.97. The van der Waals surface area contributed by atoms with E-state index < -0.39 is 5.69 Å². The predicted molar refractivity (Wildman–Crippen MR) is 143 cm³/mol. The van der Waals surface area contributed by atoms with Gasteiger partial charge in [0.15, 0.2) is 0 Å². The fourth-order valence-electron chi connectivity index (χ4n) is 4.84. The van der Waals surface area contributed by atoms with Crippen LogP contribution >= 0.6 is 11.6 Å². The van der Waals surface area contributed by atoms with Crippen LogP contribution in [0.1, 0.15) is 36.8 Å². The zero-order valence-corrected chi connectivity index (χ0v) is 20.8. The van der Waals surface area contributed by atoms with Crippen LogP contribution in [0.2, 0.25) is 5.02 Å². The van der Waals surface area contributed by atoms with Gasteiger partial charge >= 0.3 is 5.69 Å². The SMILES string of the molecule is O=C(Cc1ccc(-n2c(=O)c3ccccc3n(Cc3ccc(Cl)cc3)c2=O)cc1)N1CCCCCC1. The fraction of sp³-hybridized carbons (Fsp3) is 0.276. The summed E-state index contributed by atoms with van der Waals surface area (Å²) in [6, 6.07) is 21.6. The van der Waals surface area contributed by atoms with E-state index in [9.17, 15) is 14.4 Å². The van der Waals surface area contributed by atoms with Gasteiger partial charge in [-0.05, 0) is 60.4 Å². The number of carbonyl (C=O) groups excluding carboxylic acids is 1. The molecule has 1 aliphatic rings. The number of nitrogens with zero attached hydrogens (tertiary/aromatic N) is 3. The first-order chi connectivity index (χ1) is 17.5. The third kappa shape index (κ3) is 5.00. The van der Waals surface area contributed by atoms with Crippen molar-refractivity contribution >= 4 is 28.4 Å². The van der Waals surface area contributed by atoms with Crippen LogP contribution in [0, 0.1) is 0 Å². The molecule has 2 heterocycles. The number of fused-ring (bicyclic) bond motifs is 1. The summed E-state index contributed by atoms with van der Waals surface area (Å²) < 4.78 is 2.81. The summed E-state index contributed by atoms with van der Waals surface area (Å²) in [6.07, 6.45) is 4.77. The van der Waals surface area contributed by atoms with Gasteiger partial charge in [-0.3, -0.25) is 14.2 Å². The highest BCUT2D eigenvalue weighted by Gasteiger charge is 2.17. The van der Waals surface area contributed by atoms with Crippen LogP contribution in [0.5, 0.6) is 0 Å². The quantitative estimate of drug-likeness (QED) is 0.394. The van der Waals surface area contributed by atoms with Crippen molar-refractivity contribution in [3.05, 3.63) is 110 Å². The van der Waals surface area contributed by atoms with Crippen molar-refractivity contribution in [3.63, 3.8) is 0 Å². The Hall–Kier alpha value is -3.64. The van der Waals surface area contributed by atoms with Crippen molar-refractivity contribution in [1.82, 2.24) is 14.0 Å². The van der Waals surface area contributed by atoms with E-state index in [2.05, 4.69) is 0 Å². The average molecular weight is 502 g/mol. The first kappa shape index (κ1) is 24.1. The lowest BCUT2D eigenvalue weighted by molar-refractivity contribution is -0.130. The molecular weight excluding hydrogens is 474 g/mol. The minimum atomic E-state index is -0.415. The van der Waals surface area contributed by atoms with Gasteiger partial charge in [0.1, 0.15) is 0 Å². The Kier molecular flexibility index (Phi) is 7.05. The molecule has 1 fully saturated rings. The summed E-state index contributed by atoms with van der Waals surface area (Å²) >= 11 is 6.02. The van der Waals surface area contributed by atoms with Crippen molar-refractivity contribution in [2.24, 2.45) is 0 Å². The van der Waals surface area contributed by atoms with Crippen LogP contribution in [0.25, 0.3) is 16.6 Å². The van der Waals surface area contributed by atoms with E-state index in [1.165, 1.54) is 17.4 Å². The van der Waals surface area contributed by atoms with E-state index in [1.54, 1.807) is 47.0 Å². The molecule has 0 bridgehead atoms. The maximum absolute atomic E-state index is 13.6. The van der Waals surface area contributed by atoms with Gasteiger partial charge in [-0.2, -0.15) is 0 Å². The van der Waals surface area contributed by atoms with E-state index in [-0.39, 0.29) is 11.5 Å². The summed E-state index contributed by atoms with van der Waals surface area (Å²) in [5, 5.41) is 1.09. The number of halogens is 1. The molecule has 0 unspecified atom stereocenters. The Balaban J connectivity index is 1.49. The van der Waals surface area contributed by atoms with E-state index in [0.29, 0.717) is 34.6 Å². The van der Waals surface area contributed by atoms with Gasteiger partial charge in [0.05, 0.1) is 29.6 Å². The molecule has 1 aromatic heterocycles. The molecule has 5 rings (SSSR count). The van der Waals surface area contributed by atoms with Crippen LogP contribution in [0.3, 0.4) is 0 Å². The molecule has 0 radical (unpaired) electrons. The Bertz CT molecular complexity index is 1500. The summed E-state index contributed by atoms with van der Waals surface area (Å²) in [4.78, 5) is 41.7. The number of para-hydroxylation sites is 1. The lowest BCUT2D eigenvalue weighted by Gasteiger charge is -2.20. The number of likely N-dealkylation sites (tertiary alicyclic amines) is 1. The summed E-state index contributed by atoms with van der Waals surface area (Å²) in [6.45, 7) is 1.94. The second kappa shape index (κ2) is 10.5. The number of carbonyl (C=O) groups is 1. The molecule has 1 aliphatic heterocycles. The van der Waals surface area contributed by atoms with Gasteiger partial charge in [0.2, 0.25) is 5.91 Å². The molecule has 0 atom stereocenters. The molecule has 3 aromatic carbocycles. The predicted octanol–water partition coefficient (Wildman–Crippen LogP) is 4.80. The van der Waals surface area contributed by atoms with Gasteiger partial charge in [-0.1, -0.05) is 60.8 Å². The second-order valence-corrected chi connectivity index (χ2v) is 9.73. The standard InChI is InChI=1S/C29H28ClN3O3/c30-23-13-9-22(10-14-23)20-32-26-8-4-3-7-25(26)28(35)33(29(32)36)24-15-11-21(12-16-24)19-27(34)31-17-5-1-2-6-18-31/h3-4,7-16H,1-2,5-6,17-20H2. The molecule has 184 valence electrons. The molecule has 0 N–H and O–H groups in total. The van der Waals surface area contributed by atoms with Crippen molar-refractivity contribution in [2.75, 3.05) is 13.1 Å². The zero-order chi connectivity index (χ0) is 25.1. The Labute approximate surface area is 214 Å². The normalized spacial score (nSPS) is 14.1. The highest BCUT2D eigenvalue weighted by atomic mass is 35.5. The number of hydrogen-bond acceptors (Lipinski definition) is 3. The number of benzene rings is 3. The third-order valence-electron chi connectivity index (χ3n) is 6.81. The van der Waals surface area contributed by atoms with Gasteiger partial charge < -0.3 is 4.90 Å². The second-order valence-electron chi connectivity index (χ2n) is 9.29. The van der Waals surface area contributed by atoms with Crippen LogP contribution < -0.4 is 11.2 Å². The topological polar surface area (TPSA) is 64.3 Å².